The van der Waals surface area contributed by atoms with Crippen LogP contribution in [-0.2, 0) is 33.3 Å². The number of allylic oxidation sites excluding steroid dienone is 1. The van der Waals surface area contributed by atoms with Gasteiger partial charge in [0.2, 0.25) is 0 Å². The molecule has 228 valence electrons. The van der Waals surface area contributed by atoms with E-state index in [2.05, 4.69) is 0 Å². The van der Waals surface area contributed by atoms with E-state index in [0.29, 0.717) is 29.6 Å². The topological polar surface area (TPSA) is 142 Å². The zero-order chi connectivity index (χ0) is 30.5. The molecule has 10 heteroatoms. The van der Waals surface area contributed by atoms with Gasteiger partial charge in [0.15, 0.2) is 5.79 Å². The highest BCUT2D eigenvalue weighted by molar-refractivity contribution is 5.88. The Hall–Kier alpha value is -2.95. The number of rotatable bonds is 5. The van der Waals surface area contributed by atoms with Crippen molar-refractivity contribution in [1.29, 1.82) is 0 Å². The van der Waals surface area contributed by atoms with Crippen molar-refractivity contribution in [2.75, 3.05) is 13.7 Å². The lowest BCUT2D eigenvalue weighted by atomic mass is 9.34. The fraction of sp³-hybridized carbons (Fsp3) is 0.656. The van der Waals surface area contributed by atoms with Crippen LogP contribution < -0.4 is 0 Å². The minimum atomic E-state index is -1.82. The maximum absolute atomic E-state index is 13.2. The van der Waals surface area contributed by atoms with Crippen molar-refractivity contribution in [2.45, 2.75) is 83.9 Å². The molecule has 10 atom stereocenters. The molecule has 1 aromatic rings. The lowest BCUT2D eigenvalue weighted by molar-refractivity contribution is -0.460. The summed E-state index contributed by atoms with van der Waals surface area (Å²) in [6.07, 6.45) is 5.44. The molecule has 5 fully saturated rings. The van der Waals surface area contributed by atoms with Gasteiger partial charge in [-0.25, -0.2) is 9.59 Å². The lowest BCUT2D eigenvalue weighted by Crippen LogP contribution is -2.84. The second-order valence-electron chi connectivity index (χ2n) is 13.6. The minimum Gasteiger partial charge on any atom is -0.472 e. The fourth-order valence-electron chi connectivity index (χ4n) is 9.59. The van der Waals surface area contributed by atoms with Crippen LogP contribution in [0.5, 0.6) is 0 Å². The molecule has 0 unspecified atom stereocenters. The maximum atomic E-state index is 13.2. The number of carbonyl (C=O) groups is 3. The second-order valence-corrected chi connectivity index (χ2v) is 13.6. The van der Waals surface area contributed by atoms with Crippen molar-refractivity contribution < 1.29 is 48.0 Å². The summed E-state index contributed by atoms with van der Waals surface area (Å²) >= 11 is 0. The van der Waals surface area contributed by atoms with Gasteiger partial charge in [-0.05, 0) is 50.7 Å². The first-order valence-electron chi connectivity index (χ1n) is 14.7. The van der Waals surface area contributed by atoms with E-state index < -0.39 is 75.5 Å². The molecular formula is C32H40O10. The molecule has 10 nitrogen and oxygen atoms in total. The number of carbonyl (C=O) groups excluding carboxylic acids is 3. The third-order valence-corrected chi connectivity index (χ3v) is 11.8. The van der Waals surface area contributed by atoms with Crippen LogP contribution in [0.25, 0.3) is 0 Å². The monoisotopic (exact) mass is 584 g/mol. The predicted molar refractivity (Wildman–Crippen MR) is 146 cm³/mol. The number of hydrogen-bond donors (Lipinski definition) is 2. The fourth-order valence-corrected chi connectivity index (χ4v) is 9.59. The van der Waals surface area contributed by atoms with Crippen LogP contribution >= 0.6 is 0 Å². The highest BCUT2D eigenvalue weighted by atomic mass is 16.6. The van der Waals surface area contributed by atoms with Crippen LogP contribution in [0.2, 0.25) is 0 Å². The van der Waals surface area contributed by atoms with Crippen LogP contribution in [0, 0.1) is 34.0 Å². The Morgan fingerprint density at radius 1 is 1.21 bits per heavy atom. The number of methoxy groups -OCH3 is 1. The number of fused-ring (bicyclic) bond motifs is 4. The van der Waals surface area contributed by atoms with E-state index in [1.807, 2.05) is 20.8 Å². The Labute approximate surface area is 245 Å². The average Bonchev–Trinajstić information content (AvgIpc) is 3.49. The Bertz CT molecular complexity index is 1380. The highest BCUT2D eigenvalue weighted by Gasteiger charge is 2.82. The van der Waals surface area contributed by atoms with Gasteiger partial charge in [0.1, 0.15) is 12.2 Å². The van der Waals surface area contributed by atoms with E-state index in [1.165, 1.54) is 19.4 Å². The van der Waals surface area contributed by atoms with E-state index in [9.17, 15) is 24.6 Å². The van der Waals surface area contributed by atoms with E-state index in [1.54, 1.807) is 32.3 Å². The Morgan fingerprint density at radius 2 is 1.95 bits per heavy atom. The van der Waals surface area contributed by atoms with E-state index in [0.717, 1.165) is 0 Å². The van der Waals surface area contributed by atoms with Gasteiger partial charge in [-0.1, -0.05) is 26.8 Å². The van der Waals surface area contributed by atoms with Gasteiger partial charge in [0, 0.05) is 45.8 Å². The molecule has 2 saturated heterocycles. The molecule has 3 saturated carbocycles. The van der Waals surface area contributed by atoms with Gasteiger partial charge in [-0.3, -0.25) is 4.79 Å². The summed E-state index contributed by atoms with van der Waals surface area (Å²) in [5, 5.41) is 25.5. The molecule has 1 aromatic heterocycles. The normalized spacial score (nSPS) is 45.7. The lowest BCUT2D eigenvalue weighted by Gasteiger charge is -2.76. The Kier molecular flexibility index (Phi) is 6.43. The quantitative estimate of drug-likeness (QED) is 0.298. The SMILES string of the molecule is CC=C(C)C(=O)O[C@H]1[C@H]2C[C@@]3(O)C4=CC(=O)O[C@H](c5ccoc5)[C@@]4(C)CC[C@H]3[C@]3(C)[C@H](CC(=O)OC)[C@]1(C)CO[C@@]23O. The van der Waals surface area contributed by atoms with Crippen LogP contribution in [-0.4, -0.2) is 59.3 Å². The molecule has 0 spiro atoms. The number of cyclic esters (lactones) is 1. The van der Waals surface area contributed by atoms with Gasteiger partial charge in [0.25, 0.3) is 0 Å². The van der Waals surface area contributed by atoms with E-state index in [4.69, 9.17) is 23.4 Å². The maximum Gasteiger partial charge on any atom is 0.333 e. The smallest absolute Gasteiger partial charge is 0.333 e. The standard InChI is InChI=1S/C32H40O10/c1-7-17(2)27(35)42-26-19-14-31(36)20(30(5)21(12-23(33)38-6)29(26,4)16-40-32(19,30)37)8-10-28(3)22(31)13-24(34)41-25(28)18-9-11-39-15-18/h7,9,11,13,15,19-21,25-26,36-37H,8,10,12,14,16H2,1-6H3/t19-,20+,21-,25-,26+,28+,29+,30-,31+,32+/m1/s1. The molecule has 6 aliphatic rings. The van der Waals surface area contributed by atoms with E-state index >= 15 is 0 Å². The highest BCUT2D eigenvalue weighted by Crippen LogP contribution is 2.76. The molecule has 3 aliphatic heterocycles. The minimum absolute atomic E-state index is 0.00999. The van der Waals surface area contributed by atoms with Crippen LogP contribution in [0.3, 0.4) is 0 Å². The summed E-state index contributed by atoms with van der Waals surface area (Å²) < 4.78 is 28.7. The zero-order valence-electron chi connectivity index (χ0n) is 25.0. The van der Waals surface area contributed by atoms with Gasteiger partial charge in [-0.15, -0.1) is 0 Å². The first-order valence-corrected chi connectivity index (χ1v) is 14.7. The molecule has 0 amide bonds. The number of esters is 3. The van der Waals surface area contributed by atoms with Crippen molar-refractivity contribution in [1.82, 2.24) is 0 Å². The van der Waals surface area contributed by atoms with Gasteiger partial charge in [0.05, 0.1) is 37.8 Å². The molecule has 0 aromatic carbocycles. The number of hydrogen-bond acceptors (Lipinski definition) is 10. The van der Waals surface area contributed by atoms with Crippen molar-refractivity contribution >= 4 is 17.9 Å². The molecular weight excluding hydrogens is 544 g/mol. The number of furan rings is 1. The summed E-state index contributed by atoms with van der Waals surface area (Å²) in [5.41, 5.74) is -2.81. The number of ether oxygens (including phenoxy) is 4. The van der Waals surface area contributed by atoms with E-state index in [-0.39, 0.29) is 19.4 Å². The largest absolute Gasteiger partial charge is 0.472 e. The van der Waals surface area contributed by atoms with Crippen LogP contribution in [0.15, 0.2) is 46.3 Å². The van der Waals surface area contributed by atoms with Crippen molar-refractivity contribution in [2.24, 2.45) is 34.0 Å². The summed E-state index contributed by atoms with van der Waals surface area (Å²) in [7, 11) is 1.31. The summed E-state index contributed by atoms with van der Waals surface area (Å²) in [6, 6.07) is 1.75. The summed E-state index contributed by atoms with van der Waals surface area (Å²) in [5.74, 6) is -5.43. The molecule has 4 bridgehead atoms. The van der Waals surface area contributed by atoms with Crippen LogP contribution in [0.1, 0.15) is 72.0 Å². The third kappa shape index (κ3) is 3.51. The summed E-state index contributed by atoms with van der Waals surface area (Å²) in [4.78, 5) is 39.2. The first kappa shape index (κ1) is 29.1. The Morgan fingerprint density at radius 3 is 2.60 bits per heavy atom. The summed E-state index contributed by atoms with van der Waals surface area (Å²) in [6.45, 7) is 9.22. The first-order chi connectivity index (χ1) is 19.7. The Balaban J connectivity index is 1.53. The van der Waals surface area contributed by atoms with Crippen LogP contribution in [0.4, 0.5) is 0 Å². The second kappa shape index (κ2) is 9.27. The zero-order valence-corrected chi connectivity index (χ0v) is 25.0. The molecule has 3 aliphatic carbocycles. The predicted octanol–water partition coefficient (Wildman–Crippen LogP) is 3.77. The van der Waals surface area contributed by atoms with Gasteiger partial charge < -0.3 is 33.6 Å². The third-order valence-electron chi connectivity index (χ3n) is 11.8. The molecule has 0 radical (unpaired) electrons. The van der Waals surface area contributed by atoms with Crippen molar-refractivity contribution in [3.8, 4) is 0 Å². The van der Waals surface area contributed by atoms with Gasteiger partial charge in [-0.2, -0.15) is 0 Å². The van der Waals surface area contributed by atoms with Gasteiger partial charge >= 0.3 is 17.9 Å². The van der Waals surface area contributed by atoms with Crippen molar-refractivity contribution in [3.63, 3.8) is 0 Å². The molecule has 2 N–H and O–H groups in total. The average molecular weight is 585 g/mol. The molecule has 4 heterocycles. The molecule has 42 heavy (non-hydrogen) atoms. The van der Waals surface area contributed by atoms with Crippen molar-refractivity contribution in [3.05, 3.63) is 47.5 Å². The molecule has 7 rings (SSSR count). The number of aliphatic hydroxyl groups is 2.